The molecule has 1 aromatic heterocycles. The van der Waals surface area contributed by atoms with Crippen LogP contribution in [0.1, 0.15) is 17.9 Å². The largest absolute Gasteiger partial charge is 0.480 e. The zero-order valence-corrected chi connectivity index (χ0v) is 12.7. The third kappa shape index (κ3) is 2.93. The maximum absolute atomic E-state index is 12.5. The molecular formula is C13H16N2O3S2. The summed E-state index contributed by atoms with van der Waals surface area (Å²) in [5, 5.41) is 9.02. The van der Waals surface area contributed by atoms with Crippen LogP contribution in [-0.4, -0.2) is 44.4 Å². The smallest absolute Gasteiger partial charge is 0.327 e. The van der Waals surface area contributed by atoms with Gasteiger partial charge in [0.1, 0.15) is 11.4 Å². The lowest BCUT2D eigenvalue weighted by molar-refractivity contribution is -0.150. The number of amides is 1. The number of carbonyl (C=O) groups is 2. The Bertz CT molecular complexity index is 498. The molecule has 1 N–H and O–H groups in total. The van der Waals surface area contributed by atoms with Gasteiger partial charge in [-0.3, -0.25) is 9.78 Å². The van der Waals surface area contributed by atoms with Crippen LogP contribution in [0.3, 0.4) is 0 Å². The molecule has 1 fully saturated rings. The first-order valence-corrected chi connectivity index (χ1v) is 7.91. The van der Waals surface area contributed by atoms with E-state index in [1.165, 1.54) is 16.7 Å². The van der Waals surface area contributed by atoms with Crippen molar-refractivity contribution >= 4 is 36.3 Å². The van der Waals surface area contributed by atoms with Gasteiger partial charge in [-0.1, -0.05) is 13.0 Å². The van der Waals surface area contributed by atoms with Crippen LogP contribution in [-0.2, 0) is 9.59 Å². The molecule has 0 aromatic carbocycles. The van der Waals surface area contributed by atoms with E-state index in [1.54, 1.807) is 25.4 Å². The number of hydrogen-bond acceptors (Lipinski definition) is 5. The standard InChI is InChI=1S/C13H16N2O3S2/c1-8(6-19)11(16)15-10(13(17)18)7-20-12(15)9-3-2-4-14-5-9/h2-5,8,10,12,19H,6-7H2,1H3,(H,17,18)/t8-,10+,12?/m1/s1. The molecule has 0 radical (unpaired) electrons. The summed E-state index contributed by atoms with van der Waals surface area (Å²) in [4.78, 5) is 29.3. The van der Waals surface area contributed by atoms with Crippen LogP contribution in [0.25, 0.3) is 0 Å². The highest BCUT2D eigenvalue weighted by atomic mass is 32.2. The number of thiol groups is 1. The Balaban J connectivity index is 2.32. The van der Waals surface area contributed by atoms with Gasteiger partial charge in [0.2, 0.25) is 5.91 Å². The molecule has 3 atom stereocenters. The van der Waals surface area contributed by atoms with Crippen molar-refractivity contribution in [3.63, 3.8) is 0 Å². The molecular weight excluding hydrogens is 296 g/mol. The Hall–Kier alpha value is -1.21. The summed E-state index contributed by atoms with van der Waals surface area (Å²) in [5.74, 6) is -0.667. The molecule has 5 nitrogen and oxygen atoms in total. The predicted octanol–water partition coefficient (Wildman–Crippen LogP) is 1.67. The number of rotatable bonds is 4. The lowest BCUT2D eigenvalue weighted by atomic mass is 10.1. The molecule has 1 unspecified atom stereocenters. The van der Waals surface area contributed by atoms with E-state index < -0.39 is 12.0 Å². The van der Waals surface area contributed by atoms with E-state index in [0.717, 1.165) is 5.56 Å². The minimum atomic E-state index is -0.969. The maximum Gasteiger partial charge on any atom is 0.327 e. The number of hydrogen-bond donors (Lipinski definition) is 2. The Morgan fingerprint density at radius 1 is 1.65 bits per heavy atom. The van der Waals surface area contributed by atoms with Crippen LogP contribution in [0.5, 0.6) is 0 Å². The number of pyridine rings is 1. The van der Waals surface area contributed by atoms with Crippen molar-refractivity contribution < 1.29 is 14.7 Å². The average molecular weight is 312 g/mol. The van der Waals surface area contributed by atoms with E-state index in [-0.39, 0.29) is 17.2 Å². The highest BCUT2D eigenvalue weighted by molar-refractivity contribution is 7.99. The Labute approximate surface area is 127 Å². The van der Waals surface area contributed by atoms with E-state index in [4.69, 9.17) is 0 Å². The molecule has 20 heavy (non-hydrogen) atoms. The summed E-state index contributed by atoms with van der Waals surface area (Å²) in [6.45, 7) is 1.76. The van der Waals surface area contributed by atoms with Crippen LogP contribution in [0.15, 0.2) is 24.5 Å². The number of nitrogens with zero attached hydrogens (tertiary/aromatic N) is 2. The normalized spacial score (nSPS) is 23.6. The zero-order chi connectivity index (χ0) is 14.7. The molecule has 1 amide bonds. The van der Waals surface area contributed by atoms with Gasteiger partial charge in [-0.25, -0.2) is 4.79 Å². The summed E-state index contributed by atoms with van der Waals surface area (Å²) >= 11 is 5.59. The van der Waals surface area contributed by atoms with Gasteiger partial charge in [0.05, 0.1) is 0 Å². The number of aliphatic carboxylic acids is 1. The zero-order valence-electron chi connectivity index (χ0n) is 11.0. The van der Waals surface area contributed by atoms with Crippen molar-refractivity contribution in [2.45, 2.75) is 18.3 Å². The van der Waals surface area contributed by atoms with Gasteiger partial charge >= 0.3 is 5.97 Å². The number of carboxylic acid groups (broad SMARTS) is 1. The number of aromatic nitrogens is 1. The molecule has 0 bridgehead atoms. The van der Waals surface area contributed by atoms with Gasteiger partial charge in [-0.15, -0.1) is 11.8 Å². The minimum Gasteiger partial charge on any atom is -0.480 e. The molecule has 108 valence electrons. The summed E-state index contributed by atoms with van der Waals surface area (Å²) in [6, 6.07) is 2.86. The first-order valence-electron chi connectivity index (χ1n) is 6.23. The number of thioether (sulfide) groups is 1. The summed E-state index contributed by atoms with van der Waals surface area (Å²) in [6.07, 6.45) is 3.33. The fourth-order valence-electron chi connectivity index (χ4n) is 2.08. The third-order valence-electron chi connectivity index (χ3n) is 3.20. The topological polar surface area (TPSA) is 70.5 Å². The highest BCUT2D eigenvalue weighted by Crippen LogP contribution is 2.41. The third-order valence-corrected chi connectivity index (χ3v) is 5.08. The first-order chi connectivity index (χ1) is 9.56. The Morgan fingerprint density at radius 3 is 2.95 bits per heavy atom. The van der Waals surface area contributed by atoms with E-state index >= 15 is 0 Å². The first kappa shape index (κ1) is 15.2. The molecule has 7 heteroatoms. The fraction of sp³-hybridized carbons (Fsp3) is 0.462. The SMILES string of the molecule is C[C@H](CS)C(=O)N1C(c2cccnc2)SC[C@H]1C(=O)O. The van der Waals surface area contributed by atoms with Crippen LogP contribution in [0.4, 0.5) is 0 Å². The van der Waals surface area contributed by atoms with Crippen molar-refractivity contribution in [1.29, 1.82) is 0 Å². The monoisotopic (exact) mass is 312 g/mol. The molecule has 1 aliphatic rings. The predicted molar refractivity (Wildman–Crippen MR) is 80.7 cm³/mol. The van der Waals surface area contributed by atoms with E-state index in [2.05, 4.69) is 17.6 Å². The van der Waals surface area contributed by atoms with Crippen molar-refractivity contribution in [3.8, 4) is 0 Å². The Kier molecular flexibility index (Phi) is 4.93. The summed E-state index contributed by atoms with van der Waals surface area (Å²) in [5.41, 5.74) is 0.848. The van der Waals surface area contributed by atoms with Gasteiger partial charge in [-0.2, -0.15) is 12.6 Å². The number of carbonyl (C=O) groups excluding carboxylic acids is 1. The molecule has 0 spiro atoms. The van der Waals surface area contributed by atoms with Crippen molar-refractivity contribution in [2.24, 2.45) is 5.92 Å². The van der Waals surface area contributed by atoms with Crippen molar-refractivity contribution in [1.82, 2.24) is 9.88 Å². The molecule has 1 aliphatic heterocycles. The van der Waals surface area contributed by atoms with Gasteiger partial charge in [0.25, 0.3) is 0 Å². The van der Waals surface area contributed by atoms with Crippen LogP contribution < -0.4 is 0 Å². The molecule has 2 heterocycles. The van der Waals surface area contributed by atoms with E-state index in [1.807, 2.05) is 6.07 Å². The van der Waals surface area contributed by atoms with Gasteiger partial charge < -0.3 is 10.0 Å². The maximum atomic E-state index is 12.5. The molecule has 0 saturated carbocycles. The van der Waals surface area contributed by atoms with Gasteiger partial charge in [0, 0.05) is 35.4 Å². The lowest BCUT2D eigenvalue weighted by Crippen LogP contribution is -2.45. The molecule has 1 aromatic rings. The quantitative estimate of drug-likeness (QED) is 0.828. The minimum absolute atomic E-state index is 0.175. The van der Waals surface area contributed by atoms with Gasteiger partial charge in [0.15, 0.2) is 0 Å². The second-order valence-electron chi connectivity index (χ2n) is 4.66. The Morgan fingerprint density at radius 2 is 2.40 bits per heavy atom. The van der Waals surface area contributed by atoms with Crippen LogP contribution in [0.2, 0.25) is 0 Å². The van der Waals surface area contributed by atoms with Gasteiger partial charge in [-0.05, 0) is 6.07 Å². The summed E-state index contributed by atoms with van der Waals surface area (Å²) < 4.78 is 0. The highest BCUT2D eigenvalue weighted by Gasteiger charge is 2.43. The van der Waals surface area contributed by atoms with Crippen molar-refractivity contribution in [3.05, 3.63) is 30.1 Å². The molecule has 2 rings (SSSR count). The van der Waals surface area contributed by atoms with Crippen LogP contribution >= 0.6 is 24.4 Å². The van der Waals surface area contributed by atoms with E-state index in [0.29, 0.717) is 11.5 Å². The van der Waals surface area contributed by atoms with Crippen molar-refractivity contribution in [2.75, 3.05) is 11.5 Å². The van der Waals surface area contributed by atoms with E-state index in [9.17, 15) is 14.7 Å². The number of carboxylic acids is 1. The second-order valence-corrected chi connectivity index (χ2v) is 6.13. The molecule has 1 saturated heterocycles. The fourth-order valence-corrected chi connectivity index (χ4v) is 3.64. The molecule has 0 aliphatic carbocycles. The second kappa shape index (κ2) is 6.49. The lowest BCUT2D eigenvalue weighted by Gasteiger charge is -2.29. The average Bonchev–Trinajstić information content (AvgIpc) is 2.91. The van der Waals surface area contributed by atoms with Crippen LogP contribution in [0, 0.1) is 5.92 Å². The summed E-state index contributed by atoms with van der Waals surface area (Å²) in [7, 11) is 0.